The minimum atomic E-state index is 0.139. The lowest BCUT2D eigenvalue weighted by atomic mass is 10.0. The first-order valence-electron chi connectivity index (χ1n) is 12.1. The van der Waals surface area contributed by atoms with Crippen LogP contribution in [0.2, 0.25) is 0 Å². The van der Waals surface area contributed by atoms with Gasteiger partial charge in [0.1, 0.15) is 0 Å². The van der Waals surface area contributed by atoms with Gasteiger partial charge in [0.25, 0.3) is 0 Å². The number of aromatic amines is 1. The van der Waals surface area contributed by atoms with Gasteiger partial charge in [-0.3, -0.25) is 14.7 Å². The van der Waals surface area contributed by atoms with Gasteiger partial charge < -0.3 is 10.6 Å². The van der Waals surface area contributed by atoms with Gasteiger partial charge in [0, 0.05) is 31.8 Å². The molecule has 0 atom stereocenters. The molecule has 0 saturated carbocycles. The maximum atomic E-state index is 12.0. The van der Waals surface area contributed by atoms with E-state index in [0.717, 1.165) is 35.7 Å². The van der Waals surface area contributed by atoms with Crippen LogP contribution < -0.4 is 10.6 Å². The number of unbranched alkanes of at least 4 members (excludes halogenated alkanes) is 11. The van der Waals surface area contributed by atoms with Crippen molar-refractivity contribution in [3.8, 4) is 0 Å². The van der Waals surface area contributed by atoms with Gasteiger partial charge in [-0.2, -0.15) is 5.10 Å². The second kappa shape index (κ2) is 15.4. The van der Waals surface area contributed by atoms with E-state index in [1.165, 1.54) is 57.8 Å². The number of carbonyl (C=O) groups is 2. The first-order chi connectivity index (χ1) is 15.2. The molecule has 0 spiro atoms. The number of hydrogen-bond donors (Lipinski definition) is 3. The maximum absolute atomic E-state index is 12.0. The standard InChI is InChI=1S/C25H40N4O2/c1-26-24(30)14-12-10-8-6-4-2-3-5-7-9-11-13-15-25(31)27-19-21-16-17-22-20-28-29-23(22)18-21/h16-18,20H,2-15,19H2,1H3,(H,26,30)(H,27,31)(H,28,29). The molecule has 31 heavy (non-hydrogen) atoms. The van der Waals surface area contributed by atoms with Crippen molar-refractivity contribution in [1.82, 2.24) is 20.8 Å². The van der Waals surface area contributed by atoms with Crippen LogP contribution in [0.4, 0.5) is 0 Å². The Morgan fingerprint density at radius 2 is 1.35 bits per heavy atom. The Labute approximate surface area is 187 Å². The fourth-order valence-corrected chi connectivity index (χ4v) is 3.85. The van der Waals surface area contributed by atoms with Gasteiger partial charge in [-0.15, -0.1) is 0 Å². The second-order valence-electron chi connectivity index (χ2n) is 8.48. The average molecular weight is 429 g/mol. The Hall–Kier alpha value is -2.37. The number of carbonyl (C=O) groups excluding carboxylic acids is 2. The van der Waals surface area contributed by atoms with Crippen LogP contribution in [-0.4, -0.2) is 29.1 Å². The van der Waals surface area contributed by atoms with E-state index in [1.807, 2.05) is 18.2 Å². The van der Waals surface area contributed by atoms with E-state index in [9.17, 15) is 9.59 Å². The van der Waals surface area contributed by atoms with Crippen LogP contribution in [0.5, 0.6) is 0 Å². The van der Waals surface area contributed by atoms with Crippen molar-refractivity contribution in [2.24, 2.45) is 0 Å². The number of rotatable bonds is 17. The van der Waals surface area contributed by atoms with Crippen molar-refractivity contribution >= 4 is 22.7 Å². The lowest BCUT2D eigenvalue weighted by Crippen LogP contribution is -2.22. The molecule has 6 heteroatoms. The SMILES string of the molecule is CNC(=O)CCCCCCCCCCCCCCC(=O)NCc1ccc2cn[nH]c2c1. The predicted octanol–water partition coefficient (Wildman–Crippen LogP) is 5.39. The lowest BCUT2D eigenvalue weighted by molar-refractivity contribution is -0.121. The number of amides is 2. The summed E-state index contributed by atoms with van der Waals surface area (Å²) in [6.07, 6.45) is 17.7. The first kappa shape index (κ1) is 24.9. The summed E-state index contributed by atoms with van der Waals surface area (Å²) in [6, 6.07) is 6.10. The highest BCUT2D eigenvalue weighted by molar-refractivity contribution is 5.79. The molecule has 1 heterocycles. The van der Waals surface area contributed by atoms with Gasteiger partial charge in [-0.05, 0) is 24.5 Å². The number of aromatic nitrogens is 2. The Balaban J connectivity index is 1.34. The fraction of sp³-hybridized carbons (Fsp3) is 0.640. The zero-order valence-electron chi connectivity index (χ0n) is 19.2. The van der Waals surface area contributed by atoms with Gasteiger partial charge in [-0.25, -0.2) is 0 Å². The van der Waals surface area contributed by atoms with Crippen LogP contribution in [-0.2, 0) is 16.1 Å². The van der Waals surface area contributed by atoms with Crippen molar-refractivity contribution in [3.05, 3.63) is 30.0 Å². The summed E-state index contributed by atoms with van der Waals surface area (Å²) < 4.78 is 0. The van der Waals surface area contributed by atoms with E-state index in [0.29, 0.717) is 19.4 Å². The van der Waals surface area contributed by atoms with Gasteiger partial charge >= 0.3 is 0 Å². The summed E-state index contributed by atoms with van der Waals surface area (Å²) in [5, 5.41) is 13.7. The van der Waals surface area contributed by atoms with Crippen LogP contribution in [0, 0.1) is 0 Å². The summed E-state index contributed by atoms with van der Waals surface area (Å²) >= 11 is 0. The minimum absolute atomic E-state index is 0.139. The zero-order chi connectivity index (χ0) is 22.2. The van der Waals surface area contributed by atoms with Crippen molar-refractivity contribution < 1.29 is 9.59 Å². The monoisotopic (exact) mass is 428 g/mol. The molecule has 2 aromatic rings. The Bertz CT molecular complexity index is 772. The summed E-state index contributed by atoms with van der Waals surface area (Å²) in [4.78, 5) is 23.2. The highest BCUT2D eigenvalue weighted by Gasteiger charge is 2.03. The molecule has 6 nitrogen and oxygen atoms in total. The Morgan fingerprint density at radius 3 is 1.94 bits per heavy atom. The molecule has 0 radical (unpaired) electrons. The Morgan fingerprint density at radius 1 is 0.806 bits per heavy atom. The molecule has 1 aromatic heterocycles. The molecule has 0 unspecified atom stereocenters. The van der Waals surface area contributed by atoms with E-state index in [-0.39, 0.29) is 11.8 Å². The number of nitrogens with zero attached hydrogens (tertiary/aromatic N) is 1. The summed E-state index contributed by atoms with van der Waals surface area (Å²) in [5.41, 5.74) is 2.10. The zero-order valence-corrected chi connectivity index (χ0v) is 19.2. The molecule has 0 saturated heterocycles. The van der Waals surface area contributed by atoms with Crippen molar-refractivity contribution in [1.29, 1.82) is 0 Å². The number of hydrogen-bond acceptors (Lipinski definition) is 3. The van der Waals surface area contributed by atoms with E-state index in [2.05, 4.69) is 20.8 Å². The maximum Gasteiger partial charge on any atom is 0.220 e. The molecule has 0 fully saturated rings. The Kier molecular flexibility index (Phi) is 12.4. The van der Waals surface area contributed by atoms with Crippen molar-refractivity contribution in [2.45, 2.75) is 96.4 Å². The minimum Gasteiger partial charge on any atom is -0.359 e. The third kappa shape index (κ3) is 11.0. The van der Waals surface area contributed by atoms with Gasteiger partial charge in [0.15, 0.2) is 0 Å². The number of nitrogens with one attached hydrogen (secondary N) is 3. The summed E-state index contributed by atoms with van der Waals surface area (Å²) in [6.45, 7) is 0.571. The highest BCUT2D eigenvalue weighted by Crippen LogP contribution is 2.14. The third-order valence-corrected chi connectivity index (χ3v) is 5.83. The molecule has 0 bridgehead atoms. The van der Waals surface area contributed by atoms with E-state index in [1.54, 1.807) is 13.2 Å². The number of fused-ring (bicyclic) bond motifs is 1. The van der Waals surface area contributed by atoms with Crippen LogP contribution in [0.15, 0.2) is 24.4 Å². The summed E-state index contributed by atoms with van der Waals surface area (Å²) in [5.74, 6) is 0.296. The van der Waals surface area contributed by atoms with Crippen LogP contribution in [0.25, 0.3) is 10.9 Å². The average Bonchev–Trinajstić information content (AvgIpc) is 3.25. The largest absolute Gasteiger partial charge is 0.359 e. The third-order valence-electron chi connectivity index (χ3n) is 5.83. The quantitative estimate of drug-likeness (QED) is 0.295. The summed E-state index contributed by atoms with van der Waals surface area (Å²) in [7, 11) is 1.70. The van der Waals surface area contributed by atoms with Crippen LogP contribution >= 0.6 is 0 Å². The van der Waals surface area contributed by atoms with E-state index >= 15 is 0 Å². The molecule has 2 rings (SSSR count). The van der Waals surface area contributed by atoms with Gasteiger partial charge in [-0.1, -0.05) is 76.3 Å². The van der Waals surface area contributed by atoms with Crippen molar-refractivity contribution in [3.63, 3.8) is 0 Å². The predicted molar refractivity (Wildman–Crippen MR) is 127 cm³/mol. The first-order valence-corrected chi connectivity index (χ1v) is 12.1. The number of H-pyrrole nitrogens is 1. The molecular weight excluding hydrogens is 388 g/mol. The molecular formula is C25H40N4O2. The van der Waals surface area contributed by atoms with Crippen LogP contribution in [0.1, 0.15) is 95.5 Å². The topological polar surface area (TPSA) is 86.9 Å². The molecule has 0 aliphatic carbocycles. The molecule has 1 aromatic carbocycles. The fourth-order valence-electron chi connectivity index (χ4n) is 3.85. The van der Waals surface area contributed by atoms with E-state index in [4.69, 9.17) is 0 Å². The lowest BCUT2D eigenvalue weighted by Gasteiger charge is -2.06. The molecule has 0 aliphatic heterocycles. The molecule has 3 N–H and O–H groups in total. The highest BCUT2D eigenvalue weighted by atomic mass is 16.2. The normalized spacial score (nSPS) is 11.0. The van der Waals surface area contributed by atoms with Crippen LogP contribution in [0.3, 0.4) is 0 Å². The molecule has 0 aliphatic rings. The second-order valence-corrected chi connectivity index (χ2v) is 8.48. The smallest absolute Gasteiger partial charge is 0.220 e. The molecule has 172 valence electrons. The number of benzene rings is 1. The molecule has 2 amide bonds. The van der Waals surface area contributed by atoms with Crippen molar-refractivity contribution in [2.75, 3.05) is 7.05 Å². The van der Waals surface area contributed by atoms with Gasteiger partial charge in [0.05, 0.1) is 11.7 Å². The van der Waals surface area contributed by atoms with Gasteiger partial charge in [0.2, 0.25) is 11.8 Å². The van der Waals surface area contributed by atoms with E-state index < -0.39 is 0 Å².